The van der Waals surface area contributed by atoms with Crippen molar-refractivity contribution in [3.63, 3.8) is 0 Å². The summed E-state index contributed by atoms with van der Waals surface area (Å²) in [6.07, 6.45) is -2.81. The molecule has 9 rings (SSSR count). The molecular weight excluding hydrogens is 856 g/mol. The number of nitrogens with zero attached hydrogens (tertiary/aromatic N) is 6. The van der Waals surface area contributed by atoms with Crippen LogP contribution in [0.2, 0.25) is 10.0 Å². The second-order valence-corrected chi connectivity index (χ2v) is 17.9. The fourth-order valence-corrected chi connectivity index (χ4v) is 11.5. The molecule has 1 N–H and O–H groups in total. The van der Waals surface area contributed by atoms with Gasteiger partial charge in [0.2, 0.25) is 11.8 Å². The number of ether oxygens (including phenoxy) is 1. The summed E-state index contributed by atoms with van der Waals surface area (Å²) in [4.78, 5) is 64.7. The number of thiophene rings is 1. The molecule has 316 valence electrons. The van der Waals surface area contributed by atoms with Crippen LogP contribution in [0.3, 0.4) is 0 Å². The number of hydrogen-bond donors (Lipinski definition) is 1. The second-order valence-electron chi connectivity index (χ2n) is 16.0. The van der Waals surface area contributed by atoms with E-state index in [4.69, 9.17) is 33.0 Å². The summed E-state index contributed by atoms with van der Waals surface area (Å²) in [5.74, 6) is -6.29. The van der Waals surface area contributed by atoms with Crippen LogP contribution < -0.4 is 14.6 Å². The minimum Gasteiger partial charge on any atom is -0.491 e. The average molecular weight is 894 g/mol. The van der Waals surface area contributed by atoms with E-state index in [0.29, 0.717) is 33.7 Å². The highest BCUT2D eigenvalue weighted by atomic mass is 35.5. The first-order chi connectivity index (χ1) is 28.9. The maximum absolute atomic E-state index is 15.2. The molecule has 12 nitrogen and oxygen atoms in total. The molecular formula is C43H37Cl2F3N6O6S. The Labute approximate surface area is 361 Å². The number of hydrogen-bond acceptors (Lipinski definition) is 10. The van der Waals surface area contributed by atoms with Crippen LogP contribution in [0, 0.1) is 36.0 Å². The Hall–Kier alpha value is -5.29. The van der Waals surface area contributed by atoms with E-state index in [9.17, 15) is 32.7 Å². The van der Waals surface area contributed by atoms with E-state index in [2.05, 4.69) is 4.98 Å². The average Bonchev–Trinajstić information content (AvgIpc) is 3.89. The Balaban J connectivity index is 1.12. The zero-order valence-electron chi connectivity index (χ0n) is 33.0. The van der Waals surface area contributed by atoms with Crippen molar-refractivity contribution in [2.45, 2.75) is 38.8 Å². The van der Waals surface area contributed by atoms with E-state index >= 15 is 4.79 Å². The lowest BCUT2D eigenvalue weighted by molar-refractivity contribution is -0.141. The third-order valence-corrected chi connectivity index (χ3v) is 14.6. The molecule has 4 aliphatic rings. The molecule has 2 aromatic carbocycles. The van der Waals surface area contributed by atoms with Crippen molar-refractivity contribution in [3.05, 3.63) is 99.2 Å². The standard InChI is InChI=1S/C43H37Cl2F3N6O6S/c1-20-26-17-22(44)7-13-31(26)61-36(20)30-19-33(51(3)50-30)53-39(57)28-18-27-24(35(42(28,2)41(53)59)21-5-8-23(9-6-21)60-16-15-55)10-11-25-34(27)40(58)54(38(25)56)52(4)37-29(45)12-14-32(49-37)43(46,47)48/h5-10,12-14,17,19,25,27-28,34-35,55H,11,15-16,18H2,1-4H3. The van der Waals surface area contributed by atoms with E-state index < -0.39 is 76.3 Å². The number of halogens is 5. The molecule has 0 spiro atoms. The number of pyridine rings is 1. The zero-order valence-corrected chi connectivity index (χ0v) is 35.4. The largest absolute Gasteiger partial charge is 0.491 e. The summed E-state index contributed by atoms with van der Waals surface area (Å²) in [5.41, 5.74) is 0.268. The minimum atomic E-state index is -4.82. The van der Waals surface area contributed by atoms with Gasteiger partial charge in [-0.25, -0.2) is 9.88 Å². The molecule has 2 aliphatic carbocycles. The third kappa shape index (κ3) is 6.27. The SMILES string of the molecule is Cc1c(-c2cc(N3C(=O)C4CC5C(=CCC6C(=O)N(N(C)c7nc(C(F)(F)F)ccc7Cl)C(=O)C65)C(c5ccc(OCCO)cc5)C4(C)C3=O)n(C)n2)sc2ccc(Cl)cc12. The first-order valence-electron chi connectivity index (χ1n) is 19.5. The predicted molar refractivity (Wildman–Crippen MR) is 222 cm³/mol. The summed E-state index contributed by atoms with van der Waals surface area (Å²) in [6.45, 7) is 3.59. The fraction of sp³-hybridized carbons (Fsp3) is 0.349. The van der Waals surface area contributed by atoms with E-state index in [-0.39, 0.29) is 36.9 Å². The van der Waals surface area contributed by atoms with Crippen LogP contribution in [-0.4, -0.2) is 68.8 Å². The summed E-state index contributed by atoms with van der Waals surface area (Å²) >= 11 is 14.1. The van der Waals surface area contributed by atoms with Gasteiger partial charge in [0.1, 0.15) is 29.6 Å². The number of aryl methyl sites for hydroxylation is 2. The number of aromatic nitrogens is 3. The molecule has 5 aromatic rings. The van der Waals surface area contributed by atoms with Gasteiger partial charge in [0, 0.05) is 35.8 Å². The van der Waals surface area contributed by atoms with Gasteiger partial charge >= 0.3 is 6.18 Å². The molecule has 5 heterocycles. The Morgan fingerprint density at radius 2 is 1.74 bits per heavy atom. The van der Waals surface area contributed by atoms with Gasteiger partial charge in [-0.3, -0.25) is 28.9 Å². The van der Waals surface area contributed by atoms with Crippen molar-refractivity contribution in [2.24, 2.45) is 36.1 Å². The normalized spacial score (nSPS) is 25.0. The molecule has 3 aromatic heterocycles. The third-order valence-electron chi connectivity index (χ3n) is 12.8. The van der Waals surface area contributed by atoms with Crippen molar-refractivity contribution < 1.29 is 42.2 Å². The van der Waals surface area contributed by atoms with Crippen LogP contribution in [-0.2, 0) is 32.4 Å². The number of fused-ring (bicyclic) bond motifs is 5. The first kappa shape index (κ1) is 41.1. The van der Waals surface area contributed by atoms with E-state index in [1.807, 2.05) is 31.2 Å². The number of aliphatic hydroxyl groups excluding tert-OH is 1. The van der Waals surface area contributed by atoms with Crippen molar-refractivity contribution in [1.82, 2.24) is 19.8 Å². The molecule has 2 aliphatic heterocycles. The quantitative estimate of drug-likeness (QED) is 0.121. The molecule has 0 bridgehead atoms. The maximum Gasteiger partial charge on any atom is 0.433 e. The Kier molecular flexibility index (Phi) is 9.88. The minimum absolute atomic E-state index is 0.0405. The zero-order chi connectivity index (χ0) is 43.4. The highest BCUT2D eigenvalue weighted by Gasteiger charge is 2.68. The molecule has 6 unspecified atom stereocenters. The lowest BCUT2D eigenvalue weighted by atomic mass is 9.51. The van der Waals surface area contributed by atoms with Crippen molar-refractivity contribution in [3.8, 4) is 16.3 Å². The Bertz CT molecular complexity index is 2720. The molecule has 2 saturated heterocycles. The topological polar surface area (TPSA) is 138 Å². The van der Waals surface area contributed by atoms with E-state index in [1.165, 1.54) is 28.0 Å². The number of hydrazine groups is 1. The predicted octanol–water partition coefficient (Wildman–Crippen LogP) is 7.98. The van der Waals surface area contributed by atoms with Crippen LogP contribution in [0.15, 0.2) is 72.3 Å². The number of allylic oxidation sites excluding steroid dienone is 2. The van der Waals surface area contributed by atoms with Crippen molar-refractivity contribution in [1.29, 1.82) is 0 Å². The Morgan fingerprint density at radius 3 is 2.44 bits per heavy atom. The summed E-state index contributed by atoms with van der Waals surface area (Å²) in [6, 6.07) is 16.1. The monoisotopic (exact) mass is 892 g/mol. The molecule has 3 fully saturated rings. The molecule has 4 amide bonds. The smallest absolute Gasteiger partial charge is 0.433 e. The summed E-state index contributed by atoms with van der Waals surface area (Å²) < 4.78 is 49.3. The van der Waals surface area contributed by atoms with Gasteiger partial charge in [0.25, 0.3) is 11.8 Å². The summed E-state index contributed by atoms with van der Waals surface area (Å²) in [5, 5.41) is 17.2. The van der Waals surface area contributed by atoms with Gasteiger partial charge in [-0.2, -0.15) is 23.3 Å². The van der Waals surface area contributed by atoms with Crippen LogP contribution in [0.1, 0.15) is 42.5 Å². The first-order valence-corrected chi connectivity index (χ1v) is 21.0. The van der Waals surface area contributed by atoms with Crippen LogP contribution >= 0.6 is 34.5 Å². The highest BCUT2D eigenvalue weighted by molar-refractivity contribution is 7.22. The van der Waals surface area contributed by atoms with Crippen LogP contribution in [0.5, 0.6) is 5.75 Å². The van der Waals surface area contributed by atoms with Crippen LogP contribution in [0.25, 0.3) is 20.7 Å². The van der Waals surface area contributed by atoms with Crippen molar-refractivity contribution >= 4 is 79.9 Å². The molecule has 1 saturated carbocycles. The molecule has 6 atom stereocenters. The van der Waals surface area contributed by atoms with E-state index in [1.54, 1.807) is 44.3 Å². The molecule has 18 heteroatoms. The summed E-state index contributed by atoms with van der Waals surface area (Å²) in [7, 11) is 2.92. The van der Waals surface area contributed by atoms with E-state index in [0.717, 1.165) is 36.6 Å². The van der Waals surface area contributed by atoms with Gasteiger partial charge in [-0.1, -0.05) is 47.0 Å². The van der Waals surface area contributed by atoms with Gasteiger partial charge in [-0.15, -0.1) is 11.3 Å². The lowest BCUT2D eigenvalue weighted by Crippen LogP contribution is -2.49. The van der Waals surface area contributed by atoms with Gasteiger partial charge in [-0.05, 0) is 91.6 Å². The number of imide groups is 2. The molecule has 61 heavy (non-hydrogen) atoms. The number of carbonyl (C=O) groups excluding carboxylic acids is 4. The number of benzene rings is 2. The van der Waals surface area contributed by atoms with Gasteiger partial charge < -0.3 is 9.84 Å². The number of amides is 4. The van der Waals surface area contributed by atoms with Crippen LogP contribution in [0.4, 0.5) is 24.8 Å². The number of aliphatic hydroxyl groups is 1. The molecule has 0 radical (unpaired) electrons. The maximum atomic E-state index is 15.2. The Morgan fingerprint density at radius 1 is 1.00 bits per heavy atom. The number of alkyl halides is 3. The van der Waals surface area contributed by atoms with Gasteiger partial charge in [0.15, 0.2) is 5.82 Å². The lowest BCUT2D eigenvalue weighted by Gasteiger charge is -2.49. The number of rotatable bonds is 8. The second kappa shape index (κ2) is 14.7. The number of carbonyl (C=O) groups is 4. The van der Waals surface area contributed by atoms with Crippen molar-refractivity contribution in [2.75, 3.05) is 30.2 Å². The highest BCUT2D eigenvalue weighted by Crippen LogP contribution is 2.64. The fourth-order valence-electron chi connectivity index (χ4n) is 9.94. The number of anilines is 2. The van der Waals surface area contributed by atoms with Gasteiger partial charge in [0.05, 0.1) is 39.7 Å².